The van der Waals surface area contributed by atoms with Gasteiger partial charge < -0.3 is 0 Å². The van der Waals surface area contributed by atoms with Gasteiger partial charge >= 0.3 is 0 Å². The molecule has 0 radical (unpaired) electrons. The first kappa shape index (κ1) is 27.3. The summed E-state index contributed by atoms with van der Waals surface area (Å²) in [6, 6.07) is 24.6. The summed E-state index contributed by atoms with van der Waals surface area (Å²) in [7, 11) is -7.41. The molecule has 0 saturated carbocycles. The summed E-state index contributed by atoms with van der Waals surface area (Å²) in [6.45, 7) is 3.77. The van der Waals surface area contributed by atoms with Crippen molar-refractivity contribution in [1.82, 2.24) is 7.94 Å². The summed E-state index contributed by atoms with van der Waals surface area (Å²) < 4.78 is 79.2. The highest BCUT2D eigenvalue weighted by Crippen LogP contribution is 2.24. The van der Waals surface area contributed by atoms with E-state index in [2.05, 4.69) is 0 Å². The maximum absolute atomic E-state index is 13.3. The molecule has 0 atom stereocenters. The Hall–Kier alpha value is -4.28. The molecule has 0 aliphatic heterocycles. The van der Waals surface area contributed by atoms with Crippen LogP contribution in [0.3, 0.4) is 0 Å². The monoisotopic (exact) mass is 578 g/mol. The van der Waals surface area contributed by atoms with Gasteiger partial charge in [0.2, 0.25) is 0 Å². The van der Waals surface area contributed by atoms with E-state index >= 15 is 0 Å². The van der Waals surface area contributed by atoms with Gasteiger partial charge in [0.15, 0.2) is 0 Å². The molecule has 6 nitrogen and oxygen atoms in total. The van der Waals surface area contributed by atoms with Crippen molar-refractivity contribution in [1.29, 1.82) is 0 Å². The maximum atomic E-state index is 13.3. The van der Waals surface area contributed by atoms with Crippen molar-refractivity contribution >= 4 is 41.9 Å². The van der Waals surface area contributed by atoms with E-state index in [1.165, 1.54) is 36.7 Å². The van der Waals surface area contributed by atoms with Crippen LogP contribution in [0.5, 0.6) is 0 Å². The van der Waals surface area contributed by atoms with Crippen LogP contribution in [-0.2, 0) is 20.0 Å². The minimum atomic E-state index is -3.71. The molecule has 0 saturated heterocycles. The van der Waals surface area contributed by atoms with Gasteiger partial charge in [-0.2, -0.15) is 0 Å². The zero-order valence-electron chi connectivity index (χ0n) is 21.5. The summed E-state index contributed by atoms with van der Waals surface area (Å²) >= 11 is 0. The lowest BCUT2D eigenvalue weighted by atomic mass is 10.2. The van der Waals surface area contributed by atoms with Crippen LogP contribution >= 0.6 is 0 Å². The van der Waals surface area contributed by atoms with Crippen molar-refractivity contribution in [2.24, 2.45) is 0 Å². The number of aromatic nitrogens is 2. The number of aryl methyl sites for hydroxylation is 2. The summed E-state index contributed by atoms with van der Waals surface area (Å²) in [6.07, 6.45) is 2.89. The molecule has 6 rings (SSSR count). The Morgan fingerprint density at radius 1 is 0.500 bits per heavy atom. The second kappa shape index (κ2) is 10.4. The number of hydrogen-bond acceptors (Lipinski definition) is 4. The summed E-state index contributed by atoms with van der Waals surface area (Å²) in [5.74, 6) is -0.923. The third-order valence-corrected chi connectivity index (χ3v) is 9.80. The topological polar surface area (TPSA) is 78.1 Å². The van der Waals surface area contributed by atoms with Crippen LogP contribution in [0.15, 0.2) is 119 Å². The first-order chi connectivity index (χ1) is 19.0. The van der Waals surface area contributed by atoms with E-state index < -0.39 is 31.7 Å². The minimum absolute atomic E-state index is 0.185. The lowest BCUT2D eigenvalue weighted by Crippen LogP contribution is -2.11. The fourth-order valence-electron chi connectivity index (χ4n) is 4.22. The van der Waals surface area contributed by atoms with E-state index in [9.17, 15) is 25.6 Å². The highest BCUT2D eigenvalue weighted by molar-refractivity contribution is 7.90. The molecule has 2 heterocycles. The molecule has 204 valence electrons. The van der Waals surface area contributed by atoms with Crippen molar-refractivity contribution in [2.75, 3.05) is 0 Å². The van der Waals surface area contributed by atoms with Crippen LogP contribution in [0, 0.1) is 25.5 Å². The summed E-state index contributed by atoms with van der Waals surface area (Å²) in [5.41, 5.74) is 2.64. The number of hydrogen-bond donors (Lipinski definition) is 0. The first-order valence-electron chi connectivity index (χ1n) is 12.1. The normalized spacial score (nSPS) is 11.9. The molecule has 6 aromatic rings. The number of rotatable bonds is 4. The average molecular weight is 579 g/mol. The quantitative estimate of drug-likeness (QED) is 0.235. The van der Waals surface area contributed by atoms with Gasteiger partial charge in [0, 0.05) is 23.2 Å². The van der Waals surface area contributed by atoms with Crippen LogP contribution in [0.1, 0.15) is 11.1 Å². The van der Waals surface area contributed by atoms with E-state index in [4.69, 9.17) is 0 Å². The van der Waals surface area contributed by atoms with Crippen molar-refractivity contribution in [3.63, 3.8) is 0 Å². The van der Waals surface area contributed by atoms with E-state index in [0.717, 1.165) is 19.1 Å². The zero-order valence-corrected chi connectivity index (χ0v) is 23.1. The molecule has 0 N–H and O–H groups in total. The Kier molecular flexibility index (Phi) is 7.07. The van der Waals surface area contributed by atoms with Gasteiger partial charge in [-0.25, -0.2) is 33.6 Å². The van der Waals surface area contributed by atoms with E-state index in [-0.39, 0.29) is 9.79 Å². The minimum Gasteiger partial charge on any atom is -0.241 e. The van der Waals surface area contributed by atoms with Crippen LogP contribution in [0.25, 0.3) is 21.8 Å². The third-order valence-electron chi connectivity index (χ3n) is 6.39. The lowest BCUT2D eigenvalue weighted by Gasteiger charge is -2.08. The Bertz CT molecular complexity index is 1910. The van der Waals surface area contributed by atoms with Gasteiger partial charge in [0.05, 0.1) is 20.8 Å². The van der Waals surface area contributed by atoms with Crippen molar-refractivity contribution in [2.45, 2.75) is 23.6 Å². The highest BCUT2D eigenvalue weighted by atomic mass is 32.2. The van der Waals surface area contributed by atoms with E-state index in [1.807, 2.05) is 13.8 Å². The van der Waals surface area contributed by atoms with Gasteiger partial charge in [-0.05, 0) is 86.6 Å². The summed E-state index contributed by atoms with van der Waals surface area (Å²) in [4.78, 5) is 0.370. The SMILES string of the molecule is Cc1ccc(S(=O)(=O)n2ccc3ccc(F)cc32)cc1.Cc1ccc(S(=O)(=O)n2ccc3ccc(F)cc32)cc1. The number of fused-ring (bicyclic) bond motifs is 2. The van der Waals surface area contributed by atoms with E-state index in [1.54, 1.807) is 72.8 Å². The smallest absolute Gasteiger partial charge is 0.241 e. The van der Waals surface area contributed by atoms with Gasteiger partial charge in [0.1, 0.15) is 11.6 Å². The predicted octanol–water partition coefficient (Wildman–Crippen LogP) is 6.65. The van der Waals surface area contributed by atoms with Crippen LogP contribution in [0.2, 0.25) is 0 Å². The molecule has 0 aliphatic carbocycles. The van der Waals surface area contributed by atoms with Crippen molar-refractivity contribution in [3.05, 3.63) is 132 Å². The first-order valence-corrected chi connectivity index (χ1v) is 15.0. The Morgan fingerprint density at radius 2 is 0.850 bits per heavy atom. The molecule has 10 heteroatoms. The van der Waals surface area contributed by atoms with Gasteiger partial charge in [-0.1, -0.05) is 35.4 Å². The number of nitrogens with zero attached hydrogens (tertiary/aromatic N) is 2. The molecule has 2 aromatic heterocycles. The molecule has 0 aliphatic rings. The second-order valence-corrected chi connectivity index (χ2v) is 12.9. The second-order valence-electron chi connectivity index (χ2n) is 9.27. The van der Waals surface area contributed by atoms with Crippen molar-refractivity contribution in [3.8, 4) is 0 Å². The largest absolute Gasteiger partial charge is 0.268 e. The van der Waals surface area contributed by atoms with Crippen molar-refractivity contribution < 1.29 is 25.6 Å². The molecule has 0 unspecified atom stereocenters. The molecule has 40 heavy (non-hydrogen) atoms. The number of halogens is 2. The summed E-state index contributed by atoms with van der Waals surface area (Å²) in [5, 5.41) is 1.36. The molecule has 0 bridgehead atoms. The van der Waals surface area contributed by atoms with Gasteiger partial charge in [0.25, 0.3) is 20.0 Å². The van der Waals surface area contributed by atoms with Crippen LogP contribution in [-0.4, -0.2) is 24.8 Å². The average Bonchev–Trinajstić information content (AvgIpc) is 3.54. The van der Waals surface area contributed by atoms with Gasteiger partial charge in [-0.15, -0.1) is 0 Å². The predicted molar refractivity (Wildman–Crippen MR) is 151 cm³/mol. The zero-order chi connectivity index (χ0) is 28.7. The molecule has 0 amide bonds. The molecule has 0 fully saturated rings. The van der Waals surface area contributed by atoms with Crippen LogP contribution < -0.4 is 0 Å². The van der Waals surface area contributed by atoms with Crippen LogP contribution in [0.4, 0.5) is 8.78 Å². The Labute approximate surface area is 230 Å². The third kappa shape index (κ3) is 5.15. The fourth-order valence-corrected chi connectivity index (χ4v) is 6.91. The molecular weight excluding hydrogens is 554 g/mol. The molecule has 4 aromatic carbocycles. The Morgan fingerprint density at radius 3 is 1.20 bits per heavy atom. The maximum Gasteiger partial charge on any atom is 0.268 e. The fraction of sp³-hybridized carbons (Fsp3) is 0.0667. The standard InChI is InChI=1S/2C15H12FNO2S/c2*1-11-2-6-14(7-3-11)20(18,19)17-9-8-12-4-5-13(16)10-15(12)17/h2*2-10H,1H3. The Balaban J connectivity index is 0.000000161. The molecule has 0 spiro atoms. The van der Waals surface area contributed by atoms with Gasteiger partial charge in [-0.3, -0.25) is 0 Å². The van der Waals surface area contributed by atoms with E-state index in [0.29, 0.717) is 21.8 Å². The number of benzene rings is 4. The lowest BCUT2D eigenvalue weighted by molar-refractivity contribution is 0.587. The molecular formula is C30H24F2N2O4S2. The highest BCUT2D eigenvalue weighted by Gasteiger charge is 2.20.